The first kappa shape index (κ1) is 17.6. The molecule has 0 bridgehead atoms. The topological polar surface area (TPSA) is 74.8 Å². The molecule has 0 amide bonds. The molecule has 0 atom stereocenters. The van der Waals surface area contributed by atoms with E-state index >= 15 is 0 Å². The van der Waals surface area contributed by atoms with Crippen LogP contribution in [0.25, 0.3) is 0 Å². The van der Waals surface area contributed by atoms with Crippen molar-refractivity contribution >= 4 is 15.8 Å². The molecule has 3 heterocycles. The number of pyridine rings is 1. The lowest BCUT2D eigenvalue weighted by Crippen LogP contribution is -2.40. The summed E-state index contributed by atoms with van der Waals surface area (Å²) >= 11 is 0. The van der Waals surface area contributed by atoms with Gasteiger partial charge in [0.05, 0.1) is 13.2 Å². The van der Waals surface area contributed by atoms with E-state index in [0.717, 1.165) is 38.3 Å². The van der Waals surface area contributed by atoms with Crippen LogP contribution in [0.3, 0.4) is 0 Å². The van der Waals surface area contributed by atoms with Crippen molar-refractivity contribution in [3.8, 4) is 0 Å². The number of nitrogens with one attached hydrogen (secondary N) is 1. The van der Waals surface area contributed by atoms with Crippen LogP contribution < -0.4 is 5.32 Å². The van der Waals surface area contributed by atoms with Gasteiger partial charge in [0.1, 0.15) is 10.7 Å². The number of piperidine rings is 1. The maximum Gasteiger partial charge on any atom is 0.244 e. The normalized spacial score (nSPS) is 21.7. The molecule has 8 heteroatoms. The number of sulfonamides is 1. The van der Waals surface area contributed by atoms with Gasteiger partial charge in [-0.3, -0.25) is 0 Å². The van der Waals surface area contributed by atoms with Crippen molar-refractivity contribution < 1.29 is 13.2 Å². The predicted octanol–water partition coefficient (Wildman–Crippen LogP) is 0.999. The molecule has 0 radical (unpaired) electrons. The Labute approximate surface area is 144 Å². The average Bonchev–Trinajstić information content (AvgIpc) is 2.63. The minimum Gasteiger partial charge on any atom is -0.379 e. The zero-order chi connectivity index (χ0) is 17.0. The second-order valence-electron chi connectivity index (χ2n) is 6.25. The van der Waals surface area contributed by atoms with Crippen molar-refractivity contribution in [1.82, 2.24) is 14.2 Å². The summed E-state index contributed by atoms with van der Waals surface area (Å²) in [7, 11) is -3.47. The number of hydrogen-bond donors (Lipinski definition) is 1. The van der Waals surface area contributed by atoms with Crippen molar-refractivity contribution in [2.45, 2.75) is 30.7 Å². The SMILES string of the molecule is CCN1CCC(Nc2ccc(S(=O)(=O)N3CCOCC3)cn2)CC1. The Morgan fingerprint density at radius 1 is 1.21 bits per heavy atom. The number of aromatic nitrogens is 1. The van der Waals surface area contributed by atoms with E-state index in [-0.39, 0.29) is 4.90 Å². The maximum absolute atomic E-state index is 12.6. The molecule has 0 spiro atoms. The third kappa shape index (κ3) is 4.05. The molecule has 1 N–H and O–H groups in total. The molecular formula is C16H26N4O3S. The second-order valence-corrected chi connectivity index (χ2v) is 8.19. The highest BCUT2D eigenvalue weighted by atomic mass is 32.2. The van der Waals surface area contributed by atoms with E-state index in [4.69, 9.17) is 4.74 Å². The molecule has 1 aromatic heterocycles. The summed E-state index contributed by atoms with van der Waals surface area (Å²) in [5, 5.41) is 3.42. The lowest BCUT2D eigenvalue weighted by atomic mass is 10.1. The minimum atomic E-state index is -3.47. The van der Waals surface area contributed by atoms with Crippen molar-refractivity contribution in [1.29, 1.82) is 0 Å². The van der Waals surface area contributed by atoms with E-state index in [1.54, 1.807) is 12.1 Å². The second kappa shape index (κ2) is 7.77. The van der Waals surface area contributed by atoms with Gasteiger partial charge in [-0.05, 0) is 31.5 Å². The first-order chi connectivity index (χ1) is 11.6. The third-order valence-electron chi connectivity index (χ3n) is 4.73. The van der Waals surface area contributed by atoms with Crippen LogP contribution in [0.15, 0.2) is 23.2 Å². The molecule has 134 valence electrons. The number of morpholine rings is 1. The zero-order valence-corrected chi connectivity index (χ0v) is 15.0. The van der Waals surface area contributed by atoms with Gasteiger partial charge in [-0.1, -0.05) is 6.92 Å². The number of rotatable bonds is 5. The van der Waals surface area contributed by atoms with Crippen LogP contribution in [0, 0.1) is 0 Å². The van der Waals surface area contributed by atoms with E-state index in [2.05, 4.69) is 22.1 Å². The highest BCUT2D eigenvalue weighted by Gasteiger charge is 2.26. The molecule has 24 heavy (non-hydrogen) atoms. The summed E-state index contributed by atoms with van der Waals surface area (Å²) in [6.07, 6.45) is 3.63. The highest BCUT2D eigenvalue weighted by Crippen LogP contribution is 2.19. The van der Waals surface area contributed by atoms with Gasteiger partial charge >= 0.3 is 0 Å². The highest BCUT2D eigenvalue weighted by molar-refractivity contribution is 7.89. The molecule has 2 saturated heterocycles. The van der Waals surface area contributed by atoms with E-state index < -0.39 is 10.0 Å². The average molecular weight is 354 g/mol. The van der Waals surface area contributed by atoms with Gasteiger partial charge in [-0.15, -0.1) is 0 Å². The molecule has 0 saturated carbocycles. The molecule has 2 aliphatic rings. The van der Waals surface area contributed by atoms with Gasteiger partial charge < -0.3 is 15.0 Å². The Balaban J connectivity index is 1.61. The Morgan fingerprint density at radius 3 is 2.50 bits per heavy atom. The van der Waals surface area contributed by atoms with Gasteiger partial charge in [0, 0.05) is 38.4 Å². The molecule has 0 aromatic carbocycles. The van der Waals surface area contributed by atoms with Crippen LogP contribution in [0.1, 0.15) is 19.8 Å². The fourth-order valence-electron chi connectivity index (χ4n) is 3.16. The quantitative estimate of drug-likeness (QED) is 0.850. The van der Waals surface area contributed by atoms with E-state index in [1.165, 1.54) is 10.5 Å². The Kier molecular flexibility index (Phi) is 5.70. The monoisotopic (exact) mass is 354 g/mol. The molecule has 3 rings (SSSR count). The van der Waals surface area contributed by atoms with Gasteiger partial charge in [0.15, 0.2) is 0 Å². The van der Waals surface area contributed by atoms with E-state index in [9.17, 15) is 8.42 Å². The maximum atomic E-state index is 12.6. The standard InChI is InChI=1S/C16H26N4O3S/c1-2-19-7-5-14(6-8-19)18-16-4-3-15(13-17-16)24(21,22)20-9-11-23-12-10-20/h3-4,13-14H,2,5-12H2,1H3,(H,17,18). The van der Waals surface area contributed by atoms with Crippen LogP contribution in [0.5, 0.6) is 0 Å². The first-order valence-electron chi connectivity index (χ1n) is 8.62. The van der Waals surface area contributed by atoms with Gasteiger partial charge in [-0.2, -0.15) is 4.31 Å². The summed E-state index contributed by atoms with van der Waals surface area (Å²) in [4.78, 5) is 6.99. The van der Waals surface area contributed by atoms with Crippen LogP contribution in [0.2, 0.25) is 0 Å². The van der Waals surface area contributed by atoms with Crippen LogP contribution in [-0.2, 0) is 14.8 Å². The largest absolute Gasteiger partial charge is 0.379 e. The van der Waals surface area contributed by atoms with Crippen LogP contribution in [0.4, 0.5) is 5.82 Å². The summed E-state index contributed by atoms with van der Waals surface area (Å²) < 4.78 is 31.8. The van der Waals surface area contributed by atoms with E-state index in [1.807, 2.05) is 0 Å². The van der Waals surface area contributed by atoms with Crippen molar-refractivity contribution in [2.24, 2.45) is 0 Å². The Hall–Kier alpha value is -1.22. The predicted molar refractivity (Wildman–Crippen MR) is 92.6 cm³/mol. The van der Waals surface area contributed by atoms with Crippen molar-refractivity contribution in [3.05, 3.63) is 18.3 Å². The summed E-state index contributed by atoms with van der Waals surface area (Å²) in [5.41, 5.74) is 0. The molecular weight excluding hydrogens is 328 g/mol. The number of nitrogens with zero attached hydrogens (tertiary/aromatic N) is 3. The summed E-state index contributed by atoms with van der Waals surface area (Å²) in [6.45, 7) is 7.17. The molecule has 1 aromatic rings. The van der Waals surface area contributed by atoms with Gasteiger partial charge in [0.25, 0.3) is 0 Å². The zero-order valence-electron chi connectivity index (χ0n) is 14.1. The minimum absolute atomic E-state index is 0.246. The summed E-state index contributed by atoms with van der Waals surface area (Å²) in [5.74, 6) is 0.742. The smallest absolute Gasteiger partial charge is 0.244 e. The number of hydrogen-bond acceptors (Lipinski definition) is 6. The van der Waals surface area contributed by atoms with E-state index in [0.29, 0.717) is 32.3 Å². The first-order valence-corrected chi connectivity index (χ1v) is 10.1. The molecule has 7 nitrogen and oxygen atoms in total. The van der Waals surface area contributed by atoms with Crippen LogP contribution in [-0.4, -0.2) is 74.6 Å². The number of ether oxygens (including phenoxy) is 1. The van der Waals surface area contributed by atoms with Gasteiger partial charge in [0.2, 0.25) is 10.0 Å². The Bertz CT molecular complexity index is 621. The van der Waals surface area contributed by atoms with Crippen LogP contribution >= 0.6 is 0 Å². The molecule has 2 fully saturated rings. The van der Waals surface area contributed by atoms with Crippen molar-refractivity contribution in [3.63, 3.8) is 0 Å². The molecule has 0 aliphatic carbocycles. The third-order valence-corrected chi connectivity index (χ3v) is 6.61. The molecule has 2 aliphatic heterocycles. The van der Waals surface area contributed by atoms with Gasteiger partial charge in [-0.25, -0.2) is 13.4 Å². The summed E-state index contributed by atoms with van der Waals surface area (Å²) in [6, 6.07) is 3.81. The number of anilines is 1. The lowest BCUT2D eigenvalue weighted by molar-refractivity contribution is 0.0730. The fraction of sp³-hybridized carbons (Fsp3) is 0.688. The van der Waals surface area contributed by atoms with Crippen molar-refractivity contribution in [2.75, 3.05) is 51.3 Å². The number of likely N-dealkylation sites (tertiary alicyclic amines) is 1. The Morgan fingerprint density at radius 2 is 1.92 bits per heavy atom. The molecule has 0 unspecified atom stereocenters. The fourth-order valence-corrected chi connectivity index (χ4v) is 4.51. The lowest BCUT2D eigenvalue weighted by Gasteiger charge is -2.31.